The molecule has 0 heterocycles. The predicted octanol–water partition coefficient (Wildman–Crippen LogP) is 3.22. The van der Waals surface area contributed by atoms with Crippen molar-refractivity contribution in [2.75, 3.05) is 12.8 Å². The molecule has 1 aromatic rings. The molecule has 0 aliphatic rings. The van der Waals surface area contributed by atoms with Gasteiger partial charge in [0.05, 0.1) is 12.8 Å². The fourth-order valence-corrected chi connectivity index (χ4v) is 1.82. The summed E-state index contributed by atoms with van der Waals surface area (Å²) in [5, 5.41) is 0. The molecule has 12 heavy (non-hydrogen) atoms. The molecule has 0 atom stereocenters. The first-order chi connectivity index (χ1) is 5.15. The standard InChI is InChI=1S/C7H7Br2NO.ClH/c1-11-4-2-5(8)7(10)6(9)3-4;/h2-3H,10H2,1H3;1H. The topological polar surface area (TPSA) is 35.2 Å². The normalized spacial score (nSPS) is 8.92. The summed E-state index contributed by atoms with van der Waals surface area (Å²) in [6, 6.07) is 3.64. The van der Waals surface area contributed by atoms with Crippen LogP contribution in [-0.4, -0.2) is 7.11 Å². The Balaban J connectivity index is 0.00000121. The van der Waals surface area contributed by atoms with Crippen molar-refractivity contribution in [2.24, 2.45) is 0 Å². The van der Waals surface area contributed by atoms with Gasteiger partial charge in [0.1, 0.15) is 5.75 Å². The second-order valence-corrected chi connectivity index (χ2v) is 3.71. The van der Waals surface area contributed by atoms with E-state index in [2.05, 4.69) is 31.9 Å². The third kappa shape index (κ3) is 2.54. The SMILES string of the molecule is COc1cc(Br)c(N)c(Br)c1.Cl. The van der Waals surface area contributed by atoms with Crippen molar-refractivity contribution < 1.29 is 4.74 Å². The van der Waals surface area contributed by atoms with Gasteiger partial charge < -0.3 is 10.5 Å². The number of ether oxygens (including phenoxy) is 1. The van der Waals surface area contributed by atoms with E-state index in [-0.39, 0.29) is 12.4 Å². The van der Waals surface area contributed by atoms with E-state index >= 15 is 0 Å². The summed E-state index contributed by atoms with van der Waals surface area (Å²) in [6.07, 6.45) is 0. The van der Waals surface area contributed by atoms with Gasteiger partial charge in [-0.25, -0.2) is 0 Å². The molecule has 0 fully saturated rings. The number of hydrogen-bond donors (Lipinski definition) is 1. The Hall–Kier alpha value is 0.0700. The van der Waals surface area contributed by atoms with Crippen molar-refractivity contribution >= 4 is 50.0 Å². The van der Waals surface area contributed by atoms with E-state index in [1.807, 2.05) is 12.1 Å². The van der Waals surface area contributed by atoms with E-state index < -0.39 is 0 Å². The molecule has 0 amide bonds. The van der Waals surface area contributed by atoms with Crippen molar-refractivity contribution in [1.82, 2.24) is 0 Å². The molecule has 1 rings (SSSR count). The van der Waals surface area contributed by atoms with Crippen LogP contribution >= 0.6 is 44.3 Å². The quantitative estimate of drug-likeness (QED) is 0.807. The smallest absolute Gasteiger partial charge is 0.121 e. The number of halogens is 3. The Morgan fingerprint density at radius 3 is 2.00 bits per heavy atom. The first-order valence-electron chi connectivity index (χ1n) is 2.93. The zero-order chi connectivity index (χ0) is 8.43. The number of hydrogen-bond acceptors (Lipinski definition) is 2. The van der Waals surface area contributed by atoms with Gasteiger partial charge in [-0.05, 0) is 44.0 Å². The van der Waals surface area contributed by atoms with E-state index in [1.54, 1.807) is 7.11 Å². The molecule has 0 saturated carbocycles. The third-order valence-electron chi connectivity index (χ3n) is 1.29. The van der Waals surface area contributed by atoms with Crippen LogP contribution in [0.5, 0.6) is 5.75 Å². The number of nitrogens with two attached hydrogens (primary N) is 1. The number of nitrogen functional groups attached to an aromatic ring is 1. The van der Waals surface area contributed by atoms with Crippen LogP contribution in [0.4, 0.5) is 5.69 Å². The van der Waals surface area contributed by atoms with Crippen molar-refractivity contribution in [3.05, 3.63) is 21.1 Å². The fraction of sp³-hybridized carbons (Fsp3) is 0.143. The van der Waals surface area contributed by atoms with Crippen LogP contribution in [0, 0.1) is 0 Å². The first-order valence-corrected chi connectivity index (χ1v) is 4.52. The molecule has 0 radical (unpaired) electrons. The summed E-state index contributed by atoms with van der Waals surface area (Å²) in [7, 11) is 1.62. The average Bonchev–Trinajstić information content (AvgIpc) is 1.99. The second kappa shape index (κ2) is 4.94. The van der Waals surface area contributed by atoms with Crippen LogP contribution in [0.2, 0.25) is 0 Å². The van der Waals surface area contributed by atoms with Gasteiger partial charge in [-0.3, -0.25) is 0 Å². The van der Waals surface area contributed by atoms with Crippen LogP contribution in [-0.2, 0) is 0 Å². The lowest BCUT2D eigenvalue weighted by Gasteiger charge is -2.04. The summed E-state index contributed by atoms with van der Waals surface area (Å²) >= 11 is 6.61. The lowest BCUT2D eigenvalue weighted by molar-refractivity contribution is 0.414. The second-order valence-electron chi connectivity index (χ2n) is 2.00. The highest BCUT2D eigenvalue weighted by Gasteiger charge is 2.02. The molecule has 0 unspecified atom stereocenters. The molecule has 0 bridgehead atoms. The van der Waals surface area contributed by atoms with Gasteiger partial charge in [-0.15, -0.1) is 12.4 Å². The molecule has 0 aliphatic carbocycles. The van der Waals surface area contributed by atoms with E-state index in [1.165, 1.54) is 0 Å². The zero-order valence-electron chi connectivity index (χ0n) is 6.30. The van der Waals surface area contributed by atoms with E-state index in [9.17, 15) is 0 Å². The summed E-state index contributed by atoms with van der Waals surface area (Å²) in [5.41, 5.74) is 6.34. The Bertz CT molecular complexity index is 257. The first kappa shape index (κ1) is 12.1. The van der Waals surface area contributed by atoms with Crippen molar-refractivity contribution in [1.29, 1.82) is 0 Å². The highest BCUT2D eigenvalue weighted by Crippen LogP contribution is 2.32. The monoisotopic (exact) mass is 315 g/mol. The molecular weight excluding hydrogens is 309 g/mol. The summed E-state index contributed by atoms with van der Waals surface area (Å²) in [6.45, 7) is 0. The Kier molecular flexibility index (Phi) is 4.97. The van der Waals surface area contributed by atoms with Gasteiger partial charge in [0.25, 0.3) is 0 Å². The molecule has 68 valence electrons. The van der Waals surface area contributed by atoms with Crippen LogP contribution in [0.15, 0.2) is 21.1 Å². The van der Waals surface area contributed by atoms with Crippen molar-refractivity contribution in [3.8, 4) is 5.75 Å². The van der Waals surface area contributed by atoms with Crippen LogP contribution in [0.3, 0.4) is 0 Å². The van der Waals surface area contributed by atoms with Crippen LogP contribution in [0.1, 0.15) is 0 Å². The molecule has 2 nitrogen and oxygen atoms in total. The van der Waals surface area contributed by atoms with Crippen LogP contribution < -0.4 is 10.5 Å². The zero-order valence-corrected chi connectivity index (χ0v) is 10.3. The maximum Gasteiger partial charge on any atom is 0.121 e. The Labute approximate surface area is 94.1 Å². The molecule has 2 N–H and O–H groups in total. The molecule has 5 heteroatoms. The molecular formula is C7H8Br2ClNO. The largest absolute Gasteiger partial charge is 0.497 e. The molecule has 0 spiro atoms. The highest BCUT2D eigenvalue weighted by molar-refractivity contribution is 9.11. The lowest BCUT2D eigenvalue weighted by Crippen LogP contribution is -1.90. The number of methoxy groups -OCH3 is 1. The van der Waals surface area contributed by atoms with Gasteiger partial charge in [0.2, 0.25) is 0 Å². The lowest BCUT2D eigenvalue weighted by atomic mass is 10.3. The van der Waals surface area contributed by atoms with E-state index in [4.69, 9.17) is 10.5 Å². The molecule has 1 aromatic carbocycles. The number of benzene rings is 1. The van der Waals surface area contributed by atoms with Gasteiger partial charge in [-0.2, -0.15) is 0 Å². The summed E-state index contributed by atoms with van der Waals surface area (Å²) in [4.78, 5) is 0. The summed E-state index contributed by atoms with van der Waals surface area (Å²) in [5.74, 6) is 0.776. The van der Waals surface area contributed by atoms with E-state index in [0.717, 1.165) is 14.7 Å². The minimum atomic E-state index is 0. The maximum absolute atomic E-state index is 5.66. The third-order valence-corrected chi connectivity index (χ3v) is 2.60. The van der Waals surface area contributed by atoms with E-state index in [0.29, 0.717) is 5.69 Å². The number of rotatable bonds is 1. The predicted molar refractivity (Wildman–Crippen MR) is 60.1 cm³/mol. The summed E-state index contributed by atoms with van der Waals surface area (Å²) < 4.78 is 6.69. The molecule has 0 aromatic heterocycles. The Morgan fingerprint density at radius 1 is 1.25 bits per heavy atom. The number of anilines is 1. The maximum atomic E-state index is 5.66. The van der Waals surface area contributed by atoms with Crippen LogP contribution in [0.25, 0.3) is 0 Å². The Morgan fingerprint density at radius 2 is 1.67 bits per heavy atom. The average molecular weight is 317 g/mol. The fourth-order valence-electron chi connectivity index (χ4n) is 0.679. The molecule has 0 aliphatic heterocycles. The van der Waals surface area contributed by atoms with Crippen molar-refractivity contribution in [3.63, 3.8) is 0 Å². The van der Waals surface area contributed by atoms with Gasteiger partial charge >= 0.3 is 0 Å². The van der Waals surface area contributed by atoms with Gasteiger partial charge in [0.15, 0.2) is 0 Å². The minimum Gasteiger partial charge on any atom is -0.497 e. The molecule has 0 saturated heterocycles. The van der Waals surface area contributed by atoms with Crippen molar-refractivity contribution in [2.45, 2.75) is 0 Å². The van der Waals surface area contributed by atoms with Gasteiger partial charge in [-0.1, -0.05) is 0 Å². The highest BCUT2D eigenvalue weighted by atomic mass is 79.9. The minimum absolute atomic E-state index is 0. The van der Waals surface area contributed by atoms with Gasteiger partial charge in [0, 0.05) is 8.95 Å².